The van der Waals surface area contributed by atoms with Gasteiger partial charge in [-0.25, -0.2) is 0 Å². The van der Waals surface area contributed by atoms with Crippen molar-refractivity contribution in [1.29, 1.82) is 0 Å². The summed E-state index contributed by atoms with van der Waals surface area (Å²) in [6.45, 7) is 5.93. The van der Waals surface area contributed by atoms with Crippen LogP contribution in [0.4, 0.5) is 0 Å². The molecular formula is C23H28N2. The lowest BCUT2D eigenvalue weighted by molar-refractivity contribution is 0.253. The summed E-state index contributed by atoms with van der Waals surface area (Å²) in [5, 5.41) is 0. The van der Waals surface area contributed by atoms with Crippen molar-refractivity contribution in [3.05, 3.63) is 70.6 Å². The number of likely N-dealkylation sites (tertiary alicyclic amines) is 1. The van der Waals surface area contributed by atoms with Crippen molar-refractivity contribution >= 4 is 5.57 Å². The lowest BCUT2D eigenvalue weighted by Gasteiger charge is -2.30. The van der Waals surface area contributed by atoms with Crippen molar-refractivity contribution in [2.45, 2.75) is 45.4 Å². The Kier molecular flexibility index (Phi) is 4.98. The predicted molar refractivity (Wildman–Crippen MR) is 105 cm³/mol. The molecule has 1 saturated heterocycles. The van der Waals surface area contributed by atoms with Gasteiger partial charge in [0.1, 0.15) is 0 Å². The molecule has 4 rings (SSSR count). The Balaban J connectivity index is 1.73. The number of rotatable bonds is 3. The highest BCUT2D eigenvalue weighted by Gasteiger charge is 2.24. The number of nitrogens with zero attached hydrogens (tertiary/aromatic N) is 2. The van der Waals surface area contributed by atoms with Crippen molar-refractivity contribution in [2.75, 3.05) is 19.6 Å². The van der Waals surface area contributed by atoms with Crippen LogP contribution in [-0.4, -0.2) is 29.5 Å². The second-order valence-corrected chi connectivity index (χ2v) is 7.34. The Bertz CT molecular complexity index is 716. The van der Waals surface area contributed by atoms with Crippen LogP contribution in [0.2, 0.25) is 0 Å². The van der Waals surface area contributed by atoms with E-state index in [9.17, 15) is 0 Å². The van der Waals surface area contributed by atoms with Gasteiger partial charge >= 0.3 is 0 Å². The minimum Gasteiger partial charge on any atom is -0.303 e. The smallest absolute Gasteiger partial charge is 0.0739 e. The zero-order valence-electron chi connectivity index (χ0n) is 15.3. The van der Waals surface area contributed by atoms with Gasteiger partial charge in [-0.3, -0.25) is 4.98 Å². The topological polar surface area (TPSA) is 16.1 Å². The van der Waals surface area contributed by atoms with Crippen LogP contribution in [-0.2, 0) is 12.8 Å². The minimum absolute atomic E-state index is 1.10. The summed E-state index contributed by atoms with van der Waals surface area (Å²) in [6.07, 6.45) is 9.15. The van der Waals surface area contributed by atoms with Crippen LogP contribution in [0.1, 0.15) is 55.0 Å². The molecule has 2 aromatic rings. The molecular weight excluding hydrogens is 304 g/mol. The maximum Gasteiger partial charge on any atom is 0.0739 e. The van der Waals surface area contributed by atoms with Gasteiger partial charge in [0.2, 0.25) is 0 Å². The Morgan fingerprint density at radius 1 is 0.920 bits per heavy atom. The summed E-state index contributed by atoms with van der Waals surface area (Å²) in [5.74, 6) is 0. The van der Waals surface area contributed by atoms with Gasteiger partial charge in [0.25, 0.3) is 0 Å². The van der Waals surface area contributed by atoms with E-state index >= 15 is 0 Å². The van der Waals surface area contributed by atoms with Crippen LogP contribution < -0.4 is 0 Å². The van der Waals surface area contributed by atoms with E-state index in [0.29, 0.717) is 0 Å². The van der Waals surface area contributed by atoms with Gasteiger partial charge in [-0.05, 0) is 61.4 Å². The molecule has 1 aliphatic carbocycles. The maximum atomic E-state index is 4.83. The highest BCUT2D eigenvalue weighted by Crippen LogP contribution is 2.37. The Morgan fingerprint density at radius 3 is 2.52 bits per heavy atom. The fraction of sp³-hybridized carbons (Fsp3) is 0.435. The molecule has 0 saturated carbocycles. The molecule has 0 amide bonds. The summed E-state index contributed by atoms with van der Waals surface area (Å²) in [4.78, 5) is 7.47. The zero-order chi connectivity index (χ0) is 17.1. The third kappa shape index (κ3) is 3.41. The first kappa shape index (κ1) is 16.5. The lowest BCUT2D eigenvalue weighted by atomic mass is 9.88. The summed E-state index contributed by atoms with van der Waals surface area (Å²) >= 11 is 0. The van der Waals surface area contributed by atoms with E-state index in [1.54, 1.807) is 5.57 Å². The van der Waals surface area contributed by atoms with E-state index in [1.807, 2.05) is 6.20 Å². The van der Waals surface area contributed by atoms with Gasteiger partial charge in [0.15, 0.2) is 0 Å². The van der Waals surface area contributed by atoms with Crippen molar-refractivity contribution in [3.63, 3.8) is 0 Å². The molecule has 0 bridgehead atoms. The van der Waals surface area contributed by atoms with Crippen molar-refractivity contribution in [3.8, 4) is 0 Å². The SMILES string of the molecule is CCCCN1CCC(=C2c3ccccc3CCc3cccnc32)CC1. The molecule has 2 heteroatoms. The van der Waals surface area contributed by atoms with Crippen LogP contribution in [0.15, 0.2) is 48.2 Å². The molecule has 1 aromatic carbocycles. The van der Waals surface area contributed by atoms with E-state index in [-0.39, 0.29) is 0 Å². The van der Waals surface area contributed by atoms with Crippen molar-refractivity contribution in [2.24, 2.45) is 0 Å². The molecule has 1 aliphatic heterocycles. The monoisotopic (exact) mass is 332 g/mol. The molecule has 0 unspecified atom stereocenters. The standard InChI is InChI=1S/C23H28N2/c1-2-3-15-25-16-12-19(13-17-25)22-21-9-5-4-7-18(21)10-11-20-8-6-14-24-23(20)22/h4-9,14H,2-3,10-13,15-17H2,1H3. The zero-order valence-corrected chi connectivity index (χ0v) is 15.3. The summed E-state index contributed by atoms with van der Waals surface area (Å²) in [7, 11) is 0. The highest BCUT2D eigenvalue weighted by molar-refractivity contribution is 5.84. The van der Waals surface area contributed by atoms with E-state index in [2.05, 4.69) is 48.2 Å². The number of hydrogen-bond acceptors (Lipinski definition) is 2. The molecule has 0 spiro atoms. The number of piperidine rings is 1. The first-order valence-electron chi connectivity index (χ1n) is 9.83. The van der Waals surface area contributed by atoms with Gasteiger partial charge in [-0.15, -0.1) is 0 Å². The first-order chi connectivity index (χ1) is 12.4. The number of aryl methyl sites for hydroxylation is 2. The quantitative estimate of drug-likeness (QED) is 0.796. The largest absolute Gasteiger partial charge is 0.303 e. The van der Waals surface area contributed by atoms with E-state index in [1.165, 1.54) is 73.3 Å². The van der Waals surface area contributed by atoms with Crippen LogP contribution in [0.3, 0.4) is 0 Å². The number of unbranched alkanes of at least 4 members (excludes halogenated alkanes) is 1. The fourth-order valence-electron chi connectivity index (χ4n) is 4.28. The number of fused-ring (bicyclic) bond motifs is 2. The lowest BCUT2D eigenvalue weighted by Crippen LogP contribution is -2.32. The molecule has 130 valence electrons. The molecule has 0 N–H and O–H groups in total. The Hall–Kier alpha value is -1.93. The van der Waals surface area contributed by atoms with Crippen molar-refractivity contribution in [1.82, 2.24) is 9.88 Å². The number of benzene rings is 1. The number of aromatic nitrogens is 1. The molecule has 1 fully saturated rings. The molecule has 25 heavy (non-hydrogen) atoms. The fourth-order valence-corrected chi connectivity index (χ4v) is 4.28. The van der Waals surface area contributed by atoms with Crippen LogP contribution in [0.25, 0.3) is 5.57 Å². The average molecular weight is 332 g/mol. The van der Waals surface area contributed by atoms with Gasteiger partial charge in [0.05, 0.1) is 5.69 Å². The van der Waals surface area contributed by atoms with Crippen LogP contribution >= 0.6 is 0 Å². The maximum absolute atomic E-state index is 4.83. The number of pyridine rings is 1. The molecule has 2 heterocycles. The Labute approximate surface area is 151 Å². The second kappa shape index (κ2) is 7.53. The molecule has 2 aliphatic rings. The van der Waals surface area contributed by atoms with Gasteiger partial charge in [-0.2, -0.15) is 0 Å². The third-order valence-electron chi connectivity index (χ3n) is 5.72. The van der Waals surface area contributed by atoms with E-state index in [0.717, 1.165) is 12.8 Å². The third-order valence-corrected chi connectivity index (χ3v) is 5.72. The summed E-state index contributed by atoms with van der Waals surface area (Å²) in [6, 6.07) is 13.3. The van der Waals surface area contributed by atoms with Gasteiger partial charge in [-0.1, -0.05) is 49.2 Å². The van der Waals surface area contributed by atoms with E-state index in [4.69, 9.17) is 4.98 Å². The van der Waals surface area contributed by atoms with Gasteiger partial charge in [0, 0.05) is 24.9 Å². The molecule has 0 radical (unpaired) electrons. The summed E-state index contributed by atoms with van der Waals surface area (Å²) in [5.41, 5.74) is 8.62. The average Bonchev–Trinajstić information content (AvgIpc) is 2.84. The van der Waals surface area contributed by atoms with Crippen LogP contribution in [0.5, 0.6) is 0 Å². The predicted octanol–water partition coefficient (Wildman–Crippen LogP) is 4.88. The van der Waals surface area contributed by atoms with Crippen molar-refractivity contribution < 1.29 is 0 Å². The Morgan fingerprint density at radius 2 is 1.68 bits per heavy atom. The minimum atomic E-state index is 1.10. The normalized spacial score (nSPS) is 17.8. The van der Waals surface area contributed by atoms with Gasteiger partial charge < -0.3 is 4.90 Å². The highest BCUT2D eigenvalue weighted by atomic mass is 15.1. The second-order valence-electron chi connectivity index (χ2n) is 7.34. The first-order valence-corrected chi connectivity index (χ1v) is 9.83. The molecule has 2 nitrogen and oxygen atoms in total. The summed E-state index contributed by atoms with van der Waals surface area (Å²) < 4.78 is 0. The van der Waals surface area contributed by atoms with Crippen LogP contribution in [0, 0.1) is 0 Å². The van der Waals surface area contributed by atoms with E-state index < -0.39 is 0 Å². The molecule has 0 atom stereocenters. The number of hydrogen-bond donors (Lipinski definition) is 0. The molecule has 1 aromatic heterocycles.